The zero-order valence-electron chi connectivity index (χ0n) is 15.7. The van der Waals surface area contributed by atoms with Gasteiger partial charge in [0.05, 0.1) is 4.53 Å². The van der Waals surface area contributed by atoms with Crippen molar-refractivity contribution in [2.45, 2.75) is 6.42 Å². The fourth-order valence-electron chi connectivity index (χ4n) is 2.87. The number of aromatic nitrogens is 3. The van der Waals surface area contributed by atoms with Gasteiger partial charge in [-0.25, -0.2) is 4.39 Å². The molecule has 0 aliphatic rings. The molecule has 0 N–H and O–H groups in total. The number of hydrogen-bond donors (Lipinski definition) is 0. The SMILES string of the molecule is C=CCOc1ccccc1C=c1sc2nc(=O)c(Cc3ccc(F)cc3)nn2c1=O. The molecule has 0 saturated carbocycles. The van der Waals surface area contributed by atoms with E-state index in [0.717, 1.165) is 21.4 Å². The fourth-order valence-corrected chi connectivity index (χ4v) is 3.76. The van der Waals surface area contributed by atoms with E-state index in [2.05, 4.69) is 16.7 Å². The van der Waals surface area contributed by atoms with Crippen LogP contribution in [0.3, 0.4) is 0 Å². The highest BCUT2D eigenvalue weighted by Crippen LogP contribution is 2.18. The van der Waals surface area contributed by atoms with Crippen molar-refractivity contribution in [3.05, 3.63) is 109 Å². The summed E-state index contributed by atoms with van der Waals surface area (Å²) in [6, 6.07) is 13.0. The maximum absolute atomic E-state index is 13.1. The number of ether oxygens (including phenoxy) is 1. The number of rotatable bonds is 6. The molecule has 2 aromatic carbocycles. The van der Waals surface area contributed by atoms with E-state index in [0.29, 0.717) is 22.5 Å². The molecule has 0 spiro atoms. The van der Waals surface area contributed by atoms with Crippen molar-refractivity contribution in [1.82, 2.24) is 14.6 Å². The molecule has 0 aliphatic carbocycles. The zero-order chi connectivity index (χ0) is 21.1. The number of thiazole rings is 1. The van der Waals surface area contributed by atoms with E-state index in [9.17, 15) is 14.0 Å². The molecule has 0 saturated heterocycles. The maximum Gasteiger partial charge on any atom is 0.296 e. The lowest BCUT2D eigenvalue weighted by atomic mass is 10.1. The Hall–Kier alpha value is -3.65. The van der Waals surface area contributed by atoms with Gasteiger partial charge in [0.25, 0.3) is 11.1 Å². The number of halogens is 1. The highest BCUT2D eigenvalue weighted by Gasteiger charge is 2.12. The highest BCUT2D eigenvalue weighted by atomic mass is 32.1. The summed E-state index contributed by atoms with van der Waals surface area (Å²) in [6.07, 6.45) is 3.48. The first-order valence-corrected chi connectivity index (χ1v) is 9.88. The molecule has 0 aliphatic heterocycles. The minimum absolute atomic E-state index is 0.121. The summed E-state index contributed by atoms with van der Waals surface area (Å²) in [5.41, 5.74) is 0.654. The Kier molecular flexibility index (Phi) is 5.49. The normalized spacial score (nSPS) is 11.7. The summed E-state index contributed by atoms with van der Waals surface area (Å²) in [5, 5.41) is 4.21. The predicted octanol–water partition coefficient (Wildman–Crippen LogP) is 2.35. The molecule has 0 radical (unpaired) electrons. The highest BCUT2D eigenvalue weighted by molar-refractivity contribution is 7.15. The third-order valence-corrected chi connectivity index (χ3v) is 5.26. The Morgan fingerprint density at radius 1 is 1.13 bits per heavy atom. The predicted molar refractivity (Wildman–Crippen MR) is 114 cm³/mol. The quantitative estimate of drug-likeness (QED) is 0.447. The second-order valence-corrected chi connectivity index (χ2v) is 7.42. The van der Waals surface area contributed by atoms with Gasteiger partial charge in [-0.3, -0.25) is 9.59 Å². The summed E-state index contributed by atoms with van der Waals surface area (Å²) in [7, 11) is 0. The van der Waals surface area contributed by atoms with E-state index < -0.39 is 5.56 Å². The third kappa shape index (κ3) is 4.04. The Balaban J connectivity index is 1.77. The van der Waals surface area contributed by atoms with Crippen LogP contribution in [0.2, 0.25) is 0 Å². The van der Waals surface area contributed by atoms with Crippen molar-refractivity contribution in [2.24, 2.45) is 0 Å². The molecular formula is C22H16FN3O3S. The first kappa shape index (κ1) is 19.7. The van der Waals surface area contributed by atoms with Gasteiger partial charge in [0.1, 0.15) is 23.9 Å². The molecule has 150 valence electrons. The maximum atomic E-state index is 13.1. The Labute approximate surface area is 174 Å². The minimum atomic E-state index is -0.512. The van der Waals surface area contributed by atoms with Gasteiger partial charge >= 0.3 is 0 Å². The molecule has 6 nitrogen and oxygen atoms in total. The van der Waals surface area contributed by atoms with E-state index in [1.54, 1.807) is 30.4 Å². The van der Waals surface area contributed by atoms with Crippen LogP contribution in [0.5, 0.6) is 5.75 Å². The van der Waals surface area contributed by atoms with Gasteiger partial charge in [0.15, 0.2) is 0 Å². The van der Waals surface area contributed by atoms with Crippen molar-refractivity contribution < 1.29 is 9.13 Å². The van der Waals surface area contributed by atoms with Gasteiger partial charge in [-0.2, -0.15) is 14.6 Å². The molecule has 0 amide bonds. The van der Waals surface area contributed by atoms with Crippen LogP contribution < -0.4 is 20.4 Å². The van der Waals surface area contributed by atoms with Crippen LogP contribution in [-0.4, -0.2) is 21.2 Å². The smallest absolute Gasteiger partial charge is 0.296 e. The van der Waals surface area contributed by atoms with Crippen LogP contribution in [0.25, 0.3) is 11.0 Å². The Morgan fingerprint density at radius 2 is 1.90 bits per heavy atom. The second-order valence-electron chi connectivity index (χ2n) is 6.41. The molecule has 4 rings (SSSR count). The van der Waals surface area contributed by atoms with Crippen molar-refractivity contribution in [3.8, 4) is 5.75 Å². The monoisotopic (exact) mass is 421 g/mol. The van der Waals surface area contributed by atoms with Crippen molar-refractivity contribution >= 4 is 22.4 Å². The summed E-state index contributed by atoms with van der Waals surface area (Å²) in [4.78, 5) is 29.4. The van der Waals surface area contributed by atoms with Crippen molar-refractivity contribution in [2.75, 3.05) is 6.61 Å². The standard InChI is InChI=1S/C22H16FN3O3S/c1-2-11-29-18-6-4-3-5-15(18)13-19-21(28)26-22(30-19)24-20(27)17(25-26)12-14-7-9-16(23)10-8-14/h2-10,13H,1,11-12H2. The number of benzene rings is 2. The summed E-state index contributed by atoms with van der Waals surface area (Å²) in [6.45, 7) is 3.97. The topological polar surface area (TPSA) is 73.6 Å². The Bertz CT molecular complexity index is 1390. The van der Waals surface area contributed by atoms with Crippen molar-refractivity contribution in [3.63, 3.8) is 0 Å². The van der Waals surface area contributed by atoms with Crippen LogP contribution in [0.15, 0.2) is 70.8 Å². The van der Waals surface area contributed by atoms with Crippen LogP contribution in [-0.2, 0) is 6.42 Å². The molecular weight excluding hydrogens is 405 g/mol. The van der Waals surface area contributed by atoms with Crippen LogP contribution >= 0.6 is 11.3 Å². The van der Waals surface area contributed by atoms with Gasteiger partial charge in [-0.05, 0) is 29.8 Å². The van der Waals surface area contributed by atoms with E-state index in [-0.39, 0.29) is 28.5 Å². The first-order valence-electron chi connectivity index (χ1n) is 9.07. The van der Waals surface area contributed by atoms with Gasteiger partial charge in [-0.15, -0.1) is 0 Å². The number of fused-ring (bicyclic) bond motifs is 1. The molecule has 0 atom stereocenters. The molecule has 30 heavy (non-hydrogen) atoms. The lowest BCUT2D eigenvalue weighted by molar-refractivity contribution is 0.362. The molecule has 2 aromatic heterocycles. The van der Waals surface area contributed by atoms with Gasteiger partial charge in [0, 0.05) is 12.0 Å². The number of nitrogens with zero attached hydrogens (tertiary/aromatic N) is 3. The fraction of sp³-hybridized carbons (Fsp3) is 0.0909. The average Bonchev–Trinajstić information content (AvgIpc) is 3.04. The van der Waals surface area contributed by atoms with Crippen LogP contribution in [0.1, 0.15) is 16.8 Å². The summed E-state index contributed by atoms with van der Waals surface area (Å²) < 4.78 is 20.2. The molecule has 0 fully saturated rings. The minimum Gasteiger partial charge on any atom is -0.489 e. The summed E-state index contributed by atoms with van der Waals surface area (Å²) >= 11 is 1.08. The molecule has 0 unspecified atom stereocenters. The van der Waals surface area contributed by atoms with Gasteiger partial charge < -0.3 is 4.74 Å². The van der Waals surface area contributed by atoms with E-state index in [4.69, 9.17) is 4.74 Å². The van der Waals surface area contributed by atoms with Crippen LogP contribution in [0, 0.1) is 5.82 Å². The summed E-state index contributed by atoms with van der Waals surface area (Å²) in [5.74, 6) is 0.246. The number of para-hydroxylation sites is 1. The molecule has 8 heteroatoms. The van der Waals surface area contributed by atoms with Gasteiger partial charge in [-0.1, -0.05) is 54.3 Å². The lowest BCUT2D eigenvalue weighted by Gasteiger charge is -2.05. The van der Waals surface area contributed by atoms with Crippen molar-refractivity contribution in [1.29, 1.82) is 0 Å². The van der Waals surface area contributed by atoms with E-state index in [1.807, 2.05) is 18.2 Å². The molecule has 2 heterocycles. The largest absolute Gasteiger partial charge is 0.489 e. The first-order chi connectivity index (χ1) is 14.5. The number of hydrogen-bond acceptors (Lipinski definition) is 6. The molecule has 0 bridgehead atoms. The lowest BCUT2D eigenvalue weighted by Crippen LogP contribution is -2.28. The van der Waals surface area contributed by atoms with Crippen LogP contribution in [0.4, 0.5) is 4.39 Å². The van der Waals surface area contributed by atoms with E-state index >= 15 is 0 Å². The average molecular weight is 421 g/mol. The van der Waals surface area contributed by atoms with E-state index in [1.165, 1.54) is 12.1 Å². The van der Waals surface area contributed by atoms with Gasteiger partial charge in [0.2, 0.25) is 4.96 Å². The zero-order valence-corrected chi connectivity index (χ0v) is 16.6. The Morgan fingerprint density at radius 3 is 2.67 bits per heavy atom. The second kappa shape index (κ2) is 8.38. The molecule has 4 aromatic rings. The third-order valence-electron chi connectivity index (χ3n) is 4.30.